The Labute approximate surface area is 320 Å². The van der Waals surface area contributed by atoms with Crippen LogP contribution in [-0.4, -0.2) is 62.3 Å². The molecule has 1 heterocycles. The fourth-order valence-electron chi connectivity index (χ4n) is 6.86. The van der Waals surface area contributed by atoms with E-state index in [2.05, 4.69) is 10.6 Å². The Morgan fingerprint density at radius 3 is 2.13 bits per heavy atom. The predicted octanol–water partition coefficient (Wildman–Crippen LogP) is 7.20. The SMILES string of the molecule is CCCN(C1(C(=O)OCC)CC1)S(=O)(=O)c1cccc(C(=O)Nc2sc3c(c2C(=O)Nc2ccc(CCc4ccc(C(=O)OC)cc4)cc2)CCCC3)c1. The van der Waals surface area contributed by atoms with Crippen molar-refractivity contribution in [3.8, 4) is 0 Å². The molecule has 1 fully saturated rings. The third-order valence-corrected chi connectivity index (χ3v) is 13.1. The molecule has 3 aromatic carbocycles. The number of nitrogens with zero attached hydrogens (tertiary/aromatic N) is 1. The zero-order valence-electron chi connectivity index (χ0n) is 30.7. The summed E-state index contributed by atoms with van der Waals surface area (Å²) in [6, 6.07) is 20.7. The number of esters is 2. The van der Waals surface area contributed by atoms with Crippen LogP contribution in [0.25, 0.3) is 0 Å². The van der Waals surface area contributed by atoms with Gasteiger partial charge >= 0.3 is 11.9 Å². The van der Waals surface area contributed by atoms with Crippen molar-refractivity contribution in [1.29, 1.82) is 0 Å². The van der Waals surface area contributed by atoms with Crippen LogP contribution in [0, 0.1) is 0 Å². The molecule has 6 rings (SSSR count). The Kier molecular flexibility index (Phi) is 12.0. The van der Waals surface area contributed by atoms with Crippen molar-refractivity contribution in [2.45, 2.75) is 82.1 Å². The van der Waals surface area contributed by atoms with Gasteiger partial charge < -0.3 is 20.1 Å². The number of hydrogen-bond donors (Lipinski definition) is 2. The number of benzene rings is 3. The quantitative estimate of drug-likeness (QED) is 0.121. The Morgan fingerprint density at radius 1 is 0.833 bits per heavy atom. The second-order valence-electron chi connectivity index (χ2n) is 13.6. The maximum atomic E-state index is 14.0. The molecule has 13 heteroatoms. The summed E-state index contributed by atoms with van der Waals surface area (Å²) < 4.78 is 39.2. The molecular weight excluding hydrogens is 727 g/mol. The molecule has 0 atom stereocenters. The van der Waals surface area contributed by atoms with Crippen molar-refractivity contribution in [3.05, 3.63) is 111 Å². The fourth-order valence-corrected chi connectivity index (χ4v) is 10.1. The number of nitrogens with one attached hydrogen (secondary N) is 2. The van der Waals surface area contributed by atoms with Crippen LogP contribution in [0.1, 0.15) is 98.6 Å². The third-order valence-electron chi connectivity index (χ3n) is 9.88. The molecule has 1 saturated carbocycles. The molecule has 284 valence electrons. The van der Waals surface area contributed by atoms with Gasteiger partial charge in [-0.25, -0.2) is 13.2 Å². The van der Waals surface area contributed by atoms with Gasteiger partial charge in [0.25, 0.3) is 11.8 Å². The summed E-state index contributed by atoms with van der Waals surface area (Å²) in [5, 5.41) is 6.36. The zero-order chi connectivity index (χ0) is 38.5. The molecule has 1 aromatic heterocycles. The number of sulfonamides is 1. The van der Waals surface area contributed by atoms with Crippen LogP contribution in [0.3, 0.4) is 0 Å². The lowest BCUT2D eigenvalue weighted by Crippen LogP contribution is -2.48. The van der Waals surface area contributed by atoms with Gasteiger partial charge in [0.15, 0.2) is 0 Å². The first kappa shape index (κ1) is 38.9. The van der Waals surface area contributed by atoms with Gasteiger partial charge in [-0.05, 0) is 124 Å². The van der Waals surface area contributed by atoms with Crippen LogP contribution in [0.4, 0.5) is 10.7 Å². The molecule has 11 nitrogen and oxygen atoms in total. The molecular formula is C41H45N3O8S2. The highest BCUT2D eigenvalue weighted by molar-refractivity contribution is 7.89. The van der Waals surface area contributed by atoms with Gasteiger partial charge in [0.05, 0.1) is 29.7 Å². The molecule has 0 aliphatic heterocycles. The minimum Gasteiger partial charge on any atom is -0.465 e. The predicted molar refractivity (Wildman–Crippen MR) is 208 cm³/mol. The van der Waals surface area contributed by atoms with Gasteiger partial charge in [0.1, 0.15) is 10.5 Å². The van der Waals surface area contributed by atoms with E-state index < -0.39 is 27.4 Å². The van der Waals surface area contributed by atoms with E-state index in [0.717, 1.165) is 53.7 Å². The van der Waals surface area contributed by atoms with Crippen LogP contribution in [-0.2, 0) is 50.0 Å². The molecule has 4 aromatic rings. The van der Waals surface area contributed by atoms with E-state index >= 15 is 0 Å². The summed E-state index contributed by atoms with van der Waals surface area (Å²) >= 11 is 1.38. The van der Waals surface area contributed by atoms with Gasteiger partial charge in [0, 0.05) is 22.7 Å². The lowest BCUT2D eigenvalue weighted by Gasteiger charge is -2.29. The standard InChI is InChI=1S/C41H45N3O8S2/c1-4-25-44(41(23-24-41)40(48)52-5-2)54(49,50)32-10-8-9-30(26-32)36(45)43-38-35(33-11-6-7-12-34(33)53-38)37(46)42-31-21-17-28(18-22-31)14-13-27-15-19-29(20-16-27)39(47)51-3/h8-10,15-22,26H,4-7,11-14,23-25H2,1-3H3,(H,42,46)(H,43,45). The lowest BCUT2D eigenvalue weighted by atomic mass is 9.95. The smallest absolute Gasteiger partial charge is 0.337 e. The average molecular weight is 772 g/mol. The van der Waals surface area contributed by atoms with Crippen LogP contribution >= 0.6 is 11.3 Å². The number of rotatable bonds is 15. The Hall–Kier alpha value is -4.85. The Balaban J connectivity index is 1.17. The highest BCUT2D eigenvalue weighted by Crippen LogP contribution is 2.46. The van der Waals surface area contributed by atoms with Crippen molar-refractivity contribution >= 4 is 55.8 Å². The topological polar surface area (TPSA) is 148 Å². The highest BCUT2D eigenvalue weighted by Gasteiger charge is 2.60. The zero-order valence-corrected chi connectivity index (χ0v) is 32.4. The molecule has 0 saturated heterocycles. The second kappa shape index (κ2) is 16.7. The molecule has 0 bridgehead atoms. The molecule has 0 radical (unpaired) electrons. The van der Waals surface area contributed by atoms with E-state index in [4.69, 9.17) is 9.47 Å². The number of aryl methyl sites for hydroxylation is 3. The summed E-state index contributed by atoms with van der Waals surface area (Å²) in [7, 11) is -2.80. The molecule has 2 aliphatic rings. The largest absolute Gasteiger partial charge is 0.465 e. The van der Waals surface area contributed by atoms with Crippen LogP contribution in [0.15, 0.2) is 77.7 Å². The normalized spacial score (nSPS) is 14.5. The molecule has 0 spiro atoms. The number of carbonyl (C=O) groups excluding carboxylic acids is 4. The van der Waals surface area contributed by atoms with E-state index in [1.165, 1.54) is 47.0 Å². The average Bonchev–Trinajstić information content (AvgIpc) is 3.91. The van der Waals surface area contributed by atoms with Gasteiger partial charge in [-0.1, -0.05) is 37.3 Å². The molecule has 0 unspecified atom stereocenters. The number of amides is 2. The maximum Gasteiger partial charge on any atom is 0.337 e. The minimum absolute atomic E-state index is 0.0949. The summed E-state index contributed by atoms with van der Waals surface area (Å²) in [6.07, 6.45) is 6.22. The van der Waals surface area contributed by atoms with Gasteiger partial charge in [-0.3, -0.25) is 14.4 Å². The van der Waals surface area contributed by atoms with Gasteiger partial charge in [0.2, 0.25) is 10.0 Å². The number of anilines is 2. The van der Waals surface area contributed by atoms with Crippen molar-refractivity contribution in [1.82, 2.24) is 4.31 Å². The van der Waals surface area contributed by atoms with E-state index in [0.29, 0.717) is 47.5 Å². The maximum absolute atomic E-state index is 14.0. The lowest BCUT2D eigenvalue weighted by molar-refractivity contribution is -0.149. The Bertz CT molecular complexity index is 2140. The van der Waals surface area contributed by atoms with E-state index in [-0.39, 0.29) is 35.5 Å². The first-order valence-electron chi connectivity index (χ1n) is 18.3. The first-order chi connectivity index (χ1) is 26.0. The van der Waals surface area contributed by atoms with Crippen molar-refractivity contribution in [3.63, 3.8) is 0 Å². The summed E-state index contributed by atoms with van der Waals surface area (Å²) in [5.74, 6) is -1.80. The number of methoxy groups -OCH3 is 1. The summed E-state index contributed by atoms with van der Waals surface area (Å²) in [6.45, 7) is 3.81. The van der Waals surface area contributed by atoms with E-state index in [9.17, 15) is 27.6 Å². The number of fused-ring (bicyclic) bond motifs is 1. The molecule has 2 amide bonds. The third kappa shape index (κ3) is 8.28. The first-order valence-corrected chi connectivity index (χ1v) is 20.6. The van der Waals surface area contributed by atoms with Crippen LogP contribution < -0.4 is 10.6 Å². The van der Waals surface area contributed by atoms with Crippen LogP contribution in [0.2, 0.25) is 0 Å². The number of ether oxygens (including phenoxy) is 2. The monoisotopic (exact) mass is 771 g/mol. The van der Waals surface area contributed by atoms with E-state index in [1.54, 1.807) is 19.1 Å². The number of thiophene rings is 1. The Morgan fingerprint density at radius 2 is 1.50 bits per heavy atom. The fraction of sp³-hybridized carbons (Fsp3) is 0.366. The number of carbonyl (C=O) groups is 4. The second-order valence-corrected chi connectivity index (χ2v) is 16.5. The van der Waals surface area contributed by atoms with Crippen molar-refractivity contribution in [2.24, 2.45) is 0 Å². The van der Waals surface area contributed by atoms with Crippen LogP contribution in [0.5, 0.6) is 0 Å². The van der Waals surface area contributed by atoms with Gasteiger partial charge in [-0.2, -0.15) is 4.31 Å². The molecule has 54 heavy (non-hydrogen) atoms. The van der Waals surface area contributed by atoms with Crippen molar-refractivity contribution in [2.75, 3.05) is 30.9 Å². The van der Waals surface area contributed by atoms with Crippen molar-refractivity contribution < 1.29 is 37.1 Å². The summed E-state index contributed by atoms with van der Waals surface area (Å²) in [5.41, 5.74) is 3.52. The summed E-state index contributed by atoms with van der Waals surface area (Å²) in [4.78, 5) is 53.2. The number of hydrogen-bond acceptors (Lipinski definition) is 9. The highest BCUT2D eigenvalue weighted by atomic mass is 32.2. The molecule has 2 aliphatic carbocycles. The van der Waals surface area contributed by atoms with E-state index in [1.807, 2.05) is 43.3 Å². The van der Waals surface area contributed by atoms with Gasteiger partial charge in [-0.15, -0.1) is 11.3 Å². The minimum atomic E-state index is -4.16. The molecule has 2 N–H and O–H groups in total.